The second kappa shape index (κ2) is 7.98. The van der Waals surface area contributed by atoms with E-state index in [1.54, 1.807) is 19.2 Å². The summed E-state index contributed by atoms with van der Waals surface area (Å²) in [6.45, 7) is 2.12. The number of phenolic OH excluding ortho intramolecular Hbond substituents is 1. The summed E-state index contributed by atoms with van der Waals surface area (Å²) in [4.78, 5) is 8.09. The number of methoxy groups -OCH3 is 1. The summed E-state index contributed by atoms with van der Waals surface area (Å²) < 4.78 is 5.28. The van der Waals surface area contributed by atoms with E-state index >= 15 is 0 Å². The van der Waals surface area contributed by atoms with Gasteiger partial charge in [0.25, 0.3) is 0 Å². The van der Waals surface area contributed by atoms with Crippen LogP contribution in [0, 0.1) is 0 Å². The molecule has 3 rings (SSSR count). The van der Waals surface area contributed by atoms with Gasteiger partial charge in [0.1, 0.15) is 17.3 Å². The van der Waals surface area contributed by atoms with Crippen LogP contribution in [0.4, 0.5) is 0 Å². The highest BCUT2D eigenvalue weighted by Gasteiger charge is 2.13. The smallest absolute Gasteiger partial charge is 0.121 e. The van der Waals surface area contributed by atoms with E-state index in [2.05, 4.69) is 17.2 Å². The van der Waals surface area contributed by atoms with Crippen LogP contribution in [0.2, 0.25) is 5.02 Å². The summed E-state index contributed by atoms with van der Waals surface area (Å²) in [5.41, 5.74) is 3.66. The molecule has 1 aromatic heterocycles. The van der Waals surface area contributed by atoms with E-state index < -0.39 is 0 Å². The van der Waals surface area contributed by atoms with Crippen LogP contribution in [0.25, 0.3) is 11.0 Å². The lowest BCUT2D eigenvalue weighted by Gasteiger charge is -2.11. The van der Waals surface area contributed by atoms with Crippen LogP contribution < -0.4 is 10.1 Å². The molecule has 5 nitrogen and oxygen atoms in total. The van der Waals surface area contributed by atoms with Crippen LogP contribution in [-0.2, 0) is 12.8 Å². The molecule has 0 radical (unpaired) electrons. The van der Waals surface area contributed by atoms with Gasteiger partial charge < -0.3 is 20.1 Å². The van der Waals surface area contributed by atoms with E-state index in [1.165, 1.54) is 0 Å². The minimum atomic E-state index is 0.295. The first kappa shape index (κ1) is 18.5. The van der Waals surface area contributed by atoms with Crippen molar-refractivity contribution in [2.75, 3.05) is 14.2 Å². The molecular formula is C20H24ClN3O2. The van der Waals surface area contributed by atoms with Gasteiger partial charge in [0.15, 0.2) is 0 Å². The molecule has 1 unspecified atom stereocenters. The van der Waals surface area contributed by atoms with Crippen molar-refractivity contribution >= 4 is 22.6 Å². The van der Waals surface area contributed by atoms with E-state index in [0.717, 1.165) is 46.6 Å². The first-order valence-corrected chi connectivity index (χ1v) is 9.08. The Labute approximate surface area is 158 Å². The standard InChI is InChI=1S/C20H24ClN3O2/c1-12(22-2)4-5-16-18(25)7-6-17-20(16)24-19(23-17)10-13-8-14(21)11-15(9-13)26-3/h6-9,11-12,22,25H,4-5,10H2,1-3H3,(H,23,24). The van der Waals surface area contributed by atoms with Crippen molar-refractivity contribution in [1.29, 1.82) is 0 Å². The Morgan fingerprint density at radius 1 is 1.31 bits per heavy atom. The summed E-state index contributed by atoms with van der Waals surface area (Å²) in [6.07, 6.45) is 2.30. The van der Waals surface area contributed by atoms with Gasteiger partial charge >= 0.3 is 0 Å². The van der Waals surface area contributed by atoms with Gasteiger partial charge in [0, 0.05) is 23.0 Å². The molecule has 0 spiro atoms. The quantitative estimate of drug-likeness (QED) is 0.584. The Bertz CT molecular complexity index is 907. The largest absolute Gasteiger partial charge is 0.508 e. The normalized spacial score (nSPS) is 12.5. The zero-order valence-electron chi connectivity index (χ0n) is 15.3. The minimum absolute atomic E-state index is 0.295. The molecule has 1 heterocycles. The summed E-state index contributed by atoms with van der Waals surface area (Å²) in [5.74, 6) is 1.85. The van der Waals surface area contributed by atoms with Crippen LogP contribution in [0.1, 0.15) is 30.3 Å². The van der Waals surface area contributed by atoms with Gasteiger partial charge in [-0.2, -0.15) is 0 Å². The number of nitrogens with zero attached hydrogens (tertiary/aromatic N) is 1. The number of H-pyrrole nitrogens is 1. The number of aromatic hydroxyl groups is 1. The second-order valence-electron chi connectivity index (χ2n) is 6.55. The summed E-state index contributed by atoms with van der Waals surface area (Å²) in [5, 5.41) is 14.1. The lowest BCUT2D eigenvalue weighted by Crippen LogP contribution is -2.21. The SMILES string of the molecule is CNC(C)CCc1c(O)ccc2[nH]c(Cc3cc(Cl)cc(OC)c3)nc12. The molecule has 26 heavy (non-hydrogen) atoms. The molecule has 3 aromatic rings. The number of aromatic nitrogens is 2. The molecule has 0 aliphatic carbocycles. The fourth-order valence-electron chi connectivity index (χ4n) is 3.04. The van der Waals surface area contributed by atoms with E-state index in [9.17, 15) is 5.11 Å². The Hall–Kier alpha value is -2.24. The van der Waals surface area contributed by atoms with E-state index in [1.807, 2.05) is 25.2 Å². The van der Waals surface area contributed by atoms with Crippen LogP contribution in [0.5, 0.6) is 11.5 Å². The van der Waals surface area contributed by atoms with E-state index in [4.69, 9.17) is 21.3 Å². The third kappa shape index (κ3) is 4.11. The highest BCUT2D eigenvalue weighted by molar-refractivity contribution is 6.30. The number of hydrogen-bond donors (Lipinski definition) is 3. The number of phenols is 1. The molecule has 2 aromatic carbocycles. The van der Waals surface area contributed by atoms with E-state index in [0.29, 0.717) is 23.2 Å². The highest BCUT2D eigenvalue weighted by Crippen LogP contribution is 2.28. The number of hydrogen-bond acceptors (Lipinski definition) is 4. The maximum Gasteiger partial charge on any atom is 0.121 e. The molecular weight excluding hydrogens is 350 g/mol. The number of aromatic amines is 1. The van der Waals surface area contributed by atoms with Gasteiger partial charge in [-0.15, -0.1) is 0 Å². The van der Waals surface area contributed by atoms with Crippen LogP contribution in [-0.4, -0.2) is 35.3 Å². The number of halogens is 1. The second-order valence-corrected chi connectivity index (χ2v) is 6.98. The number of ether oxygens (including phenoxy) is 1. The molecule has 0 fully saturated rings. The van der Waals surface area contributed by atoms with Crippen molar-refractivity contribution in [2.45, 2.75) is 32.2 Å². The van der Waals surface area contributed by atoms with Gasteiger partial charge in [-0.3, -0.25) is 0 Å². The third-order valence-electron chi connectivity index (χ3n) is 4.64. The molecule has 1 atom stereocenters. The minimum Gasteiger partial charge on any atom is -0.508 e. The summed E-state index contributed by atoms with van der Waals surface area (Å²) in [6, 6.07) is 9.61. The van der Waals surface area contributed by atoms with E-state index in [-0.39, 0.29) is 0 Å². The fraction of sp³-hybridized carbons (Fsp3) is 0.350. The molecule has 3 N–H and O–H groups in total. The maximum absolute atomic E-state index is 10.3. The highest BCUT2D eigenvalue weighted by atomic mass is 35.5. The Balaban J connectivity index is 1.90. The predicted octanol–water partition coefficient (Wildman–Crippen LogP) is 4.06. The Kier molecular flexibility index (Phi) is 5.69. The monoisotopic (exact) mass is 373 g/mol. The topological polar surface area (TPSA) is 70.2 Å². The number of rotatable bonds is 7. The van der Waals surface area contributed by atoms with Gasteiger partial charge in [-0.25, -0.2) is 4.98 Å². The van der Waals surface area contributed by atoms with Crippen molar-refractivity contribution < 1.29 is 9.84 Å². The zero-order chi connectivity index (χ0) is 18.7. The van der Waals surface area contributed by atoms with Crippen LogP contribution in [0.15, 0.2) is 30.3 Å². The summed E-state index contributed by atoms with van der Waals surface area (Å²) >= 11 is 6.15. The number of nitrogens with one attached hydrogen (secondary N) is 2. The molecule has 0 amide bonds. The Morgan fingerprint density at radius 2 is 2.12 bits per heavy atom. The van der Waals surface area contributed by atoms with Crippen LogP contribution in [0.3, 0.4) is 0 Å². The molecule has 0 saturated carbocycles. The fourth-order valence-corrected chi connectivity index (χ4v) is 3.29. The van der Waals surface area contributed by atoms with Gasteiger partial charge in [-0.05, 0) is 62.7 Å². The average Bonchev–Trinajstić information content (AvgIpc) is 3.02. The lowest BCUT2D eigenvalue weighted by molar-refractivity contribution is 0.414. The number of aryl methyl sites for hydroxylation is 1. The zero-order valence-corrected chi connectivity index (χ0v) is 16.0. The average molecular weight is 374 g/mol. The molecule has 138 valence electrons. The molecule has 0 aliphatic rings. The Morgan fingerprint density at radius 3 is 2.85 bits per heavy atom. The van der Waals surface area contributed by atoms with Gasteiger partial charge in [0.05, 0.1) is 18.1 Å². The molecule has 6 heteroatoms. The maximum atomic E-state index is 10.3. The van der Waals surface area contributed by atoms with Gasteiger partial charge in [-0.1, -0.05) is 11.6 Å². The summed E-state index contributed by atoms with van der Waals surface area (Å²) in [7, 11) is 3.56. The predicted molar refractivity (Wildman–Crippen MR) is 105 cm³/mol. The van der Waals surface area contributed by atoms with Crippen molar-refractivity contribution in [3.8, 4) is 11.5 Å². The van der Waals surface area contributed by atoms with Crippen molar-refractivity contribution in [3.63, 3.8) is 0 Å². The van der Waals surface area contributed by atoms with Crippen molar-refractivity contribution in [3.05, 3.63) is 52.3 Å². The van der Waals surface area contributed by atoms with Gasteiger partial charge in [0.2, 0.25) is 0 Å². The third-order valence-corrected chi connectivity index (χ3v) is 4.86. The lowest BCUT2D eigenvalue weighted by atomic mass is 10.0. The van der Waals surface area contributed by atoms with Crippen molar-refractivity contribution in [2.24, 2.45) is 0 Å². The molecule has 0 aliphatic heterocycles. The molecule has 0 bridgehead atoms. The van der Waals surface area contributed by atoms with Crippen molar-refractivity contribution in [1.82, 2.24) is 15.3 Å². The first-order chi connectivity index (χ1) is 12.5. The molecule has 0 saturated heterocycles. The van der Waals surface area contributed by atoms with Crippen LogP contribution >= 0.6 is 11.6 Å². The number of fused-ring (bicyclic) bond motifs is 1. The number of imidazole rings is 1. The number of benzene rings is 2. The first-order valence-electron chi connectivity index (χ1n) is 8.70.